The van der Waals surface area contributed by atoms with Crippen LogP contribution in [0.2, 0.25) is 0 Å². The largest absolute Gasteiger partial charge is 0.872 e. The van der Waals surface area contributed by atoms with Gasteiger partial charge in [-0.2, -0.15) is 0 Å². The maximum absolute atomic E-state index is 12.4. The fraction of sp³-hybridized carbons (Fsp3) is 0.333. The van der Waals surface area contributed by atoms with E-state index in [1.165, 1.54) is 18.2 Å². The van der Waals surface area contributed by atoms with Gasteiger partial charge in [-0.25, -0.2) is 0 Å². The second-order valence-corrected chi connectivity index (χ2v) is 14.1. The molecular formula is C18H18Cl3N3O3Ti. The molecule has 28 heavy (non-hydrogen) atoms. The van der Waals surface area contributed by atoms with E-state index in [0.717, 1.165) is 39.3 Å². The number of ketones is 2. The molecular weight excluding hydrogens is 460 g/mol. The van der Waals surface area contributed by atoms with Crippen LogP contribution in [-0.4, -0.2) is 65.5 Å². The minimum Gasteiger partial charge on any atom is -0.872 e. The molecule has 0 aromatic heterocycles. The van der Waals surface area contributed by atoms with Gasteiger partial charge in [0.1, 0.15) is 11.4 Å². The van der Waals surface area contributed by atoms with Crippen LogP contribution in [0, 0.1) is 0 Å². The average Bonchev–Trinajstić information content (AvgIpc) is 3.45. The third-order valence-corrected chi connectivity index (χ3v) is 4.23. The molecule has 0 unspecified atom stereocenters. The molecule has 5 rings (SSSR count). The minimum atomic E-state index is -1.92. The second-order valence-electron chi connectivity index (χ2n) is 6.41. The van der Waals surface area contributed by atoms with Gasteiger partial charge < -0.3 is 19.8 Å². The predicted molar refractivity (Wildman–Crippen MR) is 103 cm³/mol. The van der Waals surface area contributed by atoms with Crippen molar-refractivity contribution in [3.63, 3.8) is 0 Å². The molecule has 0 bridgehead atoms. The van der Waals surface area contributed by atoms with Crippen LogP contribution < -0.4 is 5.11 Å². The van der Waals surface area contributed by atoms with Crippen molar-refractivity contribution >= 4 is 39.5 Å². The SMILES string of the molecule is O=C1C=C(N2CC2)C(=O)C(N2CC2)=C1N1CC1.[Cl][Ti+]([Cl])[Cl].[O-]c1ccccc1. The van der Waals surface area contributed by atoms with Crippen LogP contribution in [0.4, 0.5) is 0 Å². The van der Waals surface area contributed by atoms with E-state index in [4.69, 9.17) is 27.9 Å². The summed E-state index contributed by atoms with van der Waals surface area (Å²) in [5.74, 6) is 0.120. The van der Waals surface area contributed by atoms with Crippen molar-refractivity contribution in [2.45, 2.75) is 0 Å². The van der Waals surface area contributed by atoms with Crippen LogP contribution in [-0.2, 0) is 24.3 Å². The third kappa shape index (κ3) is 6.16. The van der Waals surface area contributed by atoms with Gasteiger partial charge in [0.15, 0.2) is 0 Å². The quantitative estimate of drug-likeness (QED) is 0.376. The molecule has 0 atom stereocenters. The molecule has 0 N–H and O–H groups in total. The number of carbonyl (C=O) groups is 2. The molecule has 10 heteroatoms. The normalized spacial score (nSPS) is 19.2. The molecule has 4 aliphatic rings. The fourth-order valence-electron chi connectivity index (χ4n) is 2.70. The molecule has 3 aliphatic heterocycles. The van der Waals surface area contributed by atoms with E-state index in [9.17, 15) is 14.7 Å². The molecule has 148 valence electrons. The number of benzene rings is 1. The molecule has 0 spiro atoms. The van der Waals surface area contributed by atoms with Crippen LogP contribution in [0.3, 0.4) is 0 Å². The monoisotopic (exact) mass is 477 g/mol. The average molecular weight is 479 g/mol. The maximum atomic E-state index is 12.4. The van der Waals surface area contributed by atoms with Crippen LogP contribution in [0.15, 0.2) is 53.5 Å². The van der Waals surface area contributed by atoms with Crippen molar-refractivity contribution in [2.24, 2.45) is 0 Å². The molecule has 0 radical (unpaired) electrons. The van der Waals surface area contributed by atoms with Gasteiger partial charge in [0, 0.05) is 45.3 Å². The van der Waals surface area contributed by atoms with Gasteiger partial charge in [0.05, 0.1) is 5.70 Å². The molecule has 3 heterocycles. The standard InChI is InChI=1S/C12H13N3O2.C6H6O.3ClH.Ti/c16-9-7-8(13-1-2-13)12(17)11(15-5-6-15)10(9)14-3-4-14;7-6-4-2-1-3-5-6;;;;/h7H,1-6H2;1-5,7H;3*1H;/q;;;;;+4/p-4. The maximum Gasteiger partial charge on any atom is -0.0623 e. The van der Waals surface area contributed by atoms with Gasteiger partial charge in [0.2, 0.25) is 11.6 Å². The third-order valence-electron chi connectivity index (χ3n) is 4.23. The molecule has 1 aliphatic carbocycles. The number of allylic oxidation sites excluding steroid dienone is 1. The van der Waals surface area contributed by atoms with E-state index >= 15 is 0 Å². The Balaban J connectivity index is 0.000000171. The van der Waals surface area contributed by atoms with Gasteiger partial charge >= 0.3 is 42.6 Å². The number of hydrogen-bond donors (Lipinski definition) is 0. The summed E-state index contributed by atoms with van der Waals surface area (Å²) in [7, 11) is 14.9. The number of hydrogen-bond acceptors (Lipinski definition) is 6. The second kappa shape index (κ2) is 9.55. The van der Waals surface area contributed by atoms with Crippen LogP contribution in [0.5, 0.6) is 5.75 Å². The number of rotatable bonds is 3. The number of halogens is 3. The Kier molecular flexibility index (Phi) is 7.34. The van der Waals surface area contributed by atoms with Crippen molar-refractivity contribution in [3.05, 3.63) is 53.5 Å². The van der Waals surface area contributed by atoms with E-state index in [-0.39, 0.29) is 17.3 Å². The predicted octanol–water partition coefficient (Wildman–Crippen LogP) is 2.01. The summed E-state index contributed by atoms with van der Waals surface area (Å²) in [6.07, 6.45) is 1.52. The van der Waals surface area contributed by atoms with Crippen molar-refractivity contribution in [1.82, 2.24) is 14.7 Å². The minimum absolute atomic E-state index is 0.00546. The fourth-order valence-corrected chi connectivity index (χ4v) is 2.70. The van der Waals surface area contributed by atoms with Crippen molar-refractivity contribution in [2.75, 3.05) is 39.3 Å². The van der Waals surface area contributed by atoms with E-state index in [2.05, 4.69) is 0 Å². The van der Waals surface area contributed by atoms with Gasteiger partial charge in [-0.05, 0) is 0 Å². The van der Waals surface area contributed by atoms with Crippen LogP contribution >= 0.6 is 27.9 Å². The van der Waals surface area contributed by atoms with Crippen molar-refractivity contribution in [1.29, 1.82) is 0 Å². The van der Waals surface area contributed by atoms with E-state index < -0.39 is 14.7 Å². The van der Waals surface area contributed by atoms with Crippen molar-refractivity contribution in [3.8, 4) is 5.75 Å². The summed E-state index contributed by atoms with van der Waals surface area (Å²) in [6, 6.07) is 8.33. The molecule has 6 nitrogen and oxygen atoms in total. The van der Waals surface area contributed by atoms with E-state index in [1.807, 2.05) is 20.8 Å². The summed E-state index contributed by atoms with van der Waals surface area (Å²) in [5.41, 5.74) is 1.89. The summed E-state index contributed by atoms with van der Waals surface area (Å²) >= 11 is -1.92. The Morgan fingerprint density at radius 2 is 1.25 bits per heavy atom. The first-order chi connectivity index (χ1) is 13.4. The molecule has 3 fully saturated rings. The first-order valence-electron chi connectivity index (χ1n) is 8.74. The van der Waals surface area contributed by atoms with Gasteiger partial charge in [-0.15, -0.1) is 5.75 Å². The Hall–Kier alpha value is -1.18. The zero-order chi connectivity index (χ0) is 20.3. The molecule has 3 saturated heterocycles. The smallest absolute Gasteiger partial charge is 0.0623 e. The summed E-state index contributed by atoms with van der Waals surface area (Å²) in [5, 5.41) is 10.3. The van der Waals surface area contributed by atoms with Gasteiger partial charge in [0.25, 0.3) is 0 Å². The number of Topliss-reactive ketones (excluding diaryl/α,β-unsaturated/α-hetero) is 1. The summed E-state index contributed by atoms with van der Waals surface area (Å²) in [4.78, 5) is 30.5. The summed E-state index contributed by atoms with van der Waals surface area (Å²) in [6.45, 7) is 5.41. The van der Waals surface area contributed by atoms with Gasteiger partial charge in [-0.3, -0.25) is 9.59 Å². The molecule has 1 aromatic rings. The van der Waals surface area contributed by atoms with Crippen molar-refractivity contribution < 1.29 is 29.4 Å². The van der Waals surface area contributed by atoms with E-state index in [0.29, 0.717) is 17.1 Å². The first-order valence-corrected chi connectivity index (χ1v) is 15.2. The Morgan fingerprint density at radius 1 is 0.786 bits per heavy atom. The summed E-state index contributed by atoms with van der Waals surface area (Å²) < 4.78 is 0. The molecule has 0 amide bonds. The van der Waals surface area contributed by atoms with E-state index in [1.54, 1.807) is 12.1 Å². The topological polar surface area (TPSA) is 66.2 Å². The Morgan fingerprint density at radius 3 is 1.64 bits per heavy atom. The molecule has 0 saturated carbocycles. The Bertz CT molecular complexity index is 802. The number of carbonyl (C=O) groups excluding carboxylic acids is 2. The zero-order valence-corrected chi connectivity index (χ0v) is 18.7. The molecule has 1 aromatic carbocycles. The number of nitrogens with zero attached hydrogens (tertiary/aromatic N) is 3. The van der Waals surface area contributed by atoms with Crippen LogP contribution in [0.25, 0.3) is 0 Å². The first kappa shape index (κ1) is 21.5. The zero-order valence-electron chi connectivity index (χ0n) is 14.9. The van der Waals surface area contributed by atoms with Crippen LogP contribution in [0.1, 0.15) is 0 Å². The van der Waals surface area contributed by atoms with Gasteiger partial charge in [-0.1, -0.05) is 30.3 Å². The Labute approximate surface area is 181 Å². The number of para-hydroxylation sites is 1.